The van der Waals surface area contributed by atoms with Crippen LogP contribution in [-0.4, -0.2) is 31.1 Å². The zero-order valence-corrected chi connectivity index (χ0v) is 17.6. The molecule has 152 valence electrons. The van der Waals surface area contributed by atoms with Gasteiger partial charge in [-0.15, -0.1) is 0 Å². The van der Waals surface area contributed by atoms with Crippen LogP contribution in [0.15, 0.2) is 30.3 Å². The Morgan fingerprint density at radius 3 is 2.55 bits per heavy atom. The normalized spacial score (nSPS) is 22.2. The molecule has 0 bridgehead atoms. The number of carbonyl (C=O) groups is 2. The van der Waals surface area contributed by atoms with Gasteiger partial charge in [-0.25, -0.2) is 0 Å². The molecule has 5 heteroatoms. The van der Waals surface area contributed by atoms with E-state index in [2.05, 4.69) is 39.0 Å². The van der Waals surface area contributed by atoms with Crippen LogP contribution >= 0.6 is 0 Å². The van der Waals surface area contributed by atoms with Gasteiger partial charge in [0, 0.05) is 30.1 Å². The van der Waals surface area contributed by atoms with Crippen molar-refractivity contribution in [3.05, 3.63) is 47.0 Å². The summed E-state index contributed by atoms with van der Waals surface area (Å²) in [6.45, 7) is 6.29. The number of hydrogen-bond acceptors (Lipinski definition) is 3. The summed E-state index contributed by atoms with van der Waals surface area (Å²) in [5.74, 6) is -0.128. The van der Waals surface area contributed by atoms with Crippen molar-refractivity contribution >= 4 is 17.6 Å². The third-order valence-corrected chi connectivity index (χ3v) is 6.45. The van der Waals surface area contributed by atoms with Crippen molar-refractivity contribution in [1.82, 2.24) is 0 Å². The molecule has 0 spiro atoms. The Labute approximate surface area is 171 Å². The number of hydrogen-bond donors (Lipinski definition) is 1. The first-order valence-corrected chi connectivity index (χ1v) is 9.97. The van der Waals surface area contributed by atoms with Crippen LogP contribution in [0, 0.1) is 12.8 Å². The van der Waals surface area contributed by atoms with E-state index in [4.69, 9.17) is 4.74 Å². The fraction of sp³-hybridized carbons (Fsp3) is 0.417. The topological polar surface area (TPSA) is 66.8 Å². The van der Waals surface area contributed by atoms with E-state index in [1.807, 2.05) is 19.2 Å². The summed E-state index contributed by atoms with van der Waals surface area (Å²) in [5.41, 5.74) is 5.96. The number of rotatable bonds is 4. The summed E-state index contributed by atoms with van der Waals surface area (Å²) in [7, 11) is 3.47. The Morgan fingerprint density at radius 1 is 1.21 bits per heavy atom. The minimum Gasteiger partial charge on any atom is -0.496 e. The minimum absolute atomic E-state index is 0.0540. The number of ether oxygens (including phenoxy) is 1. The van der Waals surface area contributed by atoms with Gasteiger partial charge in [0.05, 0.1) is 13.0 Å². The van der Waals surface area contributed by atoms with Crippen LogP contribution < -0.4 is 9.64 Å². The maximum Gasteiger partial charge on any atom is 0.307 e. The molecule has 0 unspecified atom stereocenters. The van der Waals surface area contributed by atoms with Gasteiger partial charge in [-0.05, 0) is 59.7 Å². The quantitative estimate of drug-likeness (QED) is 0.830. The molecule has 1 aliphatic heterocycles. The summed E-state index contributed by atoms with van der Waals surface area (Å²) >= 11 is 0. The highest BCUT2D eigenvalue weighted by Crippen LogP contribution is 2.50. The molecule has 1 aliphatic carbocycles. The van der Waals surface area contributed by atoms with Gasteiger partial charge in [-0.1, -0.05) is 26.0 Å². The number of nitrogens with zero attached hydrogens (tertiary/aromatic N) is 1. The SMILES string of the molecule is COc1ccc([C@@H]2C[C@H]2C(=O)O)cc1-c1cc2c(cc1C)C(C)(C)CC(=O)N2C. The number of fused-ring (bicyclic) bond motifs is 1. The van der Waals surface area contributed by atoms with Crippen molar-refractivity contribution in [2.75, 3.05) is 19.1 Å². The van der Waals surface area contributed by atoms with Crippen LogP contribution in [0.2, 0.25) is 0 Å². The van der Waals surface area contributed by atoms with Crippen molar-refractivity contribution in [3.8, 4) is 16.9 Å². The largest absolute Gasteiger partial charge is 0.496 e. The van der Waals surface area contributed by atoms with E-state index in [0.717, 1.165) is 33.7 Å². The Kier molecular flexibility index (Phi) is 4.45. The monoisotopic (exact) mass is 393 g/mol. The lowest BCUT2D eigenvalue weighted by Crippen LogP contribution is -2.39. The van der Waals surface area contributed by atoms with Crippen molar-refractivity contribution in [2.45, 2.75) is 44.9 Å². The van der Waals surface area contributed by atoms with Gasteiger partial charge < -0.3 is 14.7 Å². The van der Waals surface area contributed by atoms with E-state index in [0.29, 0.717) is 12.8 Å². The van der Waals surface area contributed by atoms with Crippen molar-refractivity contribution in [2.24, 2.45) is 5.92 Å². The summed E-state index contributed by atoms with van der Waals surface area (Å²) in [6.07, 6.45) is 1.17. The number of carboxylic acid groups (broad SMARTS) is 1. The van der Waals surface area contributed by atoms with Gasteiger partial charge in [-0.3, -0.25) is 9.59 Å². The van der Waals surface area contributed by atoms with Crippen molar-refractivity contribution in [3.63, 3.8) is 0 Å². The Morgan fingerprint density at radius 2 is 1.93 bits per heavy atom. The Hall–Kier alpha value is -2.82. The summed E-state index contributed by atoms with van der Waals surface area (Å²) in [6, 6.07) is 10.2. The van der Waals surface area contributed by atoms with Crippen LogP contribution in [0.1, 0.15) is 49.3 Å². The van der Waals surface area contributed by atoms with E-state index in [-0.39, 0.29) is 23.2 Å². The first-order chi connectivity index (χ1) is 13.6. The Bertz CT molecular complexity index is 1020. The van der Waals surface area contributed by atoms with Crippen molar-refractivity contribution in [1.29, 1.82) is 0 Å². The predicted octanol–water partition coefficient (Wildman–Crippen LogP) is 4.50. The smallest absolute Gasteiger partial charge is 0.307 e. The number of carbonyl (C=O) groups excluding carboxylic acids is 1. The molecule has 2 aromatic rings. The molecule has 2 atom stereocenters. The summed E-state index contributed by atoms with van der Waals surface area (Å²) in [4.78, 5) is 25.6. The lowest BCUT2D eigenvalue weighted by atomic mass is 9.76. The van der Waals surface area contributed by atoms with E-state index in [1.54, 1.807) is 12.0 Å². The van der Waals surface area contributed by atoms with Crippen LogP contribution in [0.5, 0.6) is 5.75 Å². The second-order valence-corrected chi connectivity index (χ2v) is 8.94. The van der Waals surface area contributed by atoms with Gasteiger partial charge in [0.25, 0.3) is 0 Å². The van der Waals surface area contributed by atoms with Gasteiger partial charge >= 0.3 is 5.97 Å². The fourth-order valence-corrected chi connectivity index (χ4v) is 4.54. The highest BCUT2D eigenvalue weighted by atomic mass is 16.5. The fourth-order valence-electron chi connectivity index (χ4n) is 4.54. The molecular weight excluding hydrogens is 366 g/mol. The molecule has 4 rings (SSSR count). The standard InChI is InChI=1S/C24H27NO4/c1-13-8-19-20(25(4)22(26)12-24(19,2)3)11-15(13)17-9-14(6-7-21(17)29-5)16-10-18(16)23(27)28/h6-9,11,16,18H,10,12H2,1-5H3,(H,27,28)/t16-,18+/m0/s1. The summed E-state index contributed by atoms with van der Waals surface area (Å²) in [5, 5.41) is 9.29. The lowest BCUT2D eigenvalue weighted by Gasteiger charge is -2.37. The molecule has 2 aromatic carbocycles. The molecule has 0 saturated heterocycles. The molecule has 2 aliphatic rings. The first kappa shape index (κ1) is 19.5. The van der Waals surface area contributed by atoms with E-state index >= 15 is 0 Å². The molecule has 0 aromatic heterocycles. The molecule has 0 radical (unpaired) electrons. The number of benzene rings is 2. The highest BCUT2D eigenvalue weighted by molar-refractivity contribution is 5.98. The predicted molar refractivity (Wildman–Crippen MR) is 113 cm³/mol. The van der Waals surface area contributed by atoms with Crippen LogP contribution in [-0.2, 0) is 15.0 Å². The van der Waals surface area contributed by atoms with Gasteiger partial charge in [-0.2, -0.15) is 0 Å². The molecule has 1 amide bonds. The highest BCUT2D eigenvalue weighted by Gasteiger charge is 2.44. The first-order valence-electron chi connectivity index (χ1n) is 9.97. The minimum atomic E-state index is -0.736. The average Bonchev–Trinajstić information content (AvgIpc) is 3.46. The average molecular weight is 393 g/mol. The maximum atomic E-state index is 12.5. The zero-order chi connectivity index (χ0) is 21.1. The number of amides is 1. The second-order valence-electron chi connectivity index (χ2n) is 8.94. The molecule has 29 heavy (non-hydrogen) atoms. The van der Waals surface area contributed by atoms with Crippen LogP contribution in [0.4, 0.5) is 5.69 Å². The number of methoxy groups -OCH3 is 1. The molecule has 1 heterocycles. The number of anilines is 1. The molecule has 5 nitrogen and oxygen atoms in total. The maximum absolute atomic E-state index is 12.5. The second kappa shape index (κ2) is 6.61. The molecule has 1 saturated carbocycles. The van der Waals surface area contributed by atoms with Crippen LogP contribution in [0.3, 0.4) is 0 Å². The van der Waals surface area contributed by atoms with E-state index in [9.17, 15) is 14.7 Å². The van der Waals surface area contributed by atoms with Crippen molar-refractivity contribution < 1.29 is 19.4 Å². The van der Waals surface area contributed by atoms with Gasteiger partial charge in [0.1, 0.15) is 5.75 Å². The molecule has 1 N–H and O–H groups in total. The summed E-state index contributed by atoms with van der Waals surface area (Å²) < 4.78 is 5.62. The number of carboxylic acids is 1. The molecular formula is C24H27NO4. The van der Waals surface area contributed by atoms with E-state index in [1.165, 1.54) is 5.56 Å². The van der Waals surface area contributed by atoms with Crippen LogP contribution in [0.25, 0.3) is 11.1 Å². The van der Waals surface area contributed by atoms with E-state index < -0.39 is 5.97 Å². The van der Waals surface area contributed by atoms with Gasteiger partial charge in [0.15, 0.2) is 0 Å². The number of aryl methyl sites for hydroxylation is 1. The third-order valence-electron chi connectivity index (χ3n) is 6.45. The lowest BCUT2D eigenvalue weighted by molar-refractivity contribution is -0.138. The molecule has 1 fully saturated rings. The van der Waals surface area contributed by atoms with Gasteiger partial charge in [0.2, 0.25) is 5.91 Å². The third kappa shape index (κ3) is 3.18. The Balaban J connectivity index is 1.85. The zero-order valence-electron chi connectivity index (χ0n) is 17.6. The number of aliphatic carboxylic acids is 1.